The first-order valence-corrected chi connectivity index (χ1v) is 18.9. The number of likely N-dealkylation sites (tertiary alicyclic amines) is 1. The normalized spacial score (nSPS) is 25.8. The number of nitrogens with one attached hydrogen (secondary N) is 4. The third-order valence-electron chi connectivity index (χ3n) is 10.4. The zero-order valence-electron chi connectivity index (χ0n) is 29.1. The number of ether oxygens (including phenoxy) is 3. The predicted octanol–water partition coefficient (Wildman–Crippen LogP) is 1.91. The van der Waals surface area contributed by atoms with Crippen molar-refractivity contribution in [3.63, 3.8) is 0 Å². The molecule has 1 aromatic carbocycles. The Morgan fingerprint density at radius 3 is 2.49 bits per heavy atom. The third-order valence-corrected chi connectivity index (χ3v) is 12.2. The summed E-state index contributed by atoms with van der Waals surface area (Å²) >= 11 is 0. The number of methoxy groups -OCH3 is 2. The molecule has 1 aromatic heterocycles. The number of pyridine rings is 1. The summed E-state index contributed by atoms with van der Waals surface area (Å²) in [4.78, 5) is 60.8. The lowest BCUT2D eigenvalue weighted by molar-refractivity contribution is -0.143. The van der Waals surface area contributed by atoms with Crippen LogP contribution in [0.3, 0.4) is 0 Å². The van der Waals surface area contributed by atoms with Crippen LogP contribution in [0.25, 0.3) is 10.8 Å². The summed E-state index contributed by atoms with van der Waals surface area (Å²) < 4.78 is 44.7. The first-order chi connectivity index (χ1) is 24.4. The molecule has 15 nitrogen and oxygen atoms in total. The zero-order chi connectivity index (χ0) is 36.5. The van der Waals surface area contributed by atoms with E-state index in [0.29, 0.717) is 29.9 Å². The maximum atomic E-state index is 14.4. The van der Waals surface area contributed by atoms with Crippen molar-refractivity contribution in [2.24, 2.45) is 5.92 Å². The van der Waals surface area contributed by atoms with Crippen molar-refractivity contribution in [1.82, 2.24) is 30.6 Å². The van der Waals surface area contributed by atoms with E-state index in [2.05, 4.69) is 32.2 Å². The van der Waals surface area contributed by atoms with Gasteiger partial charge in [-0.05, 0) is 68.7 Å². The minimum Gasteiger partial charge on any atom is -0.497 e. The second-order valence-electron chi connectivity index (χ2n) is 13.9. The molecule has 5 amide bonds. The van der Waals surface area contributed by atoms with Crippen molar-refractivity contribution in [3.05, 3.63) is 43.1 Å². The van der Waals surface area contributed by atoms with Gasteiger partial charge in [0.25, 0.3) is 5.91 Å². The van der Waals surface area contributed by atoms with Gasteiger partial charge in [0.2, 0.25) is 27.7 Å². The quantitative estimate of drug-likeness (QED) is 0.209. The van der Waals surface area contributed by atoms with Crippen LogP contribution in [0.5, 0.6) is 11.6 Å². The van der Waals surface area contributed by atoms with Crippen LogP contribution in [-0.4, -0.2) is 104 Å². The first kappa shape index (κ1) is 36.4. The summed E-state index contributed by atoms with van der Waals surface area (Å²) in [5.74, 6) is -1.68. The van der Waals surface area contributed by atoms with E-state index in [0.717, 1.165) is 31.1 Å². The van der Waals surface area contributed by atoms with E-state index in [-0.39, 0.29) is 25.4 Å². The molecule has 2 heterocycles. The molecule has 1 aliphatic heterocycles. The fraction of sp³-hybridized carbons (Fsp3) is 0.571. The molecule has 4 fully saturated rings. The Kier molecular flexibility index (Phi) is 10.4. The minimum absolute atomic E-state index is 0.00253. The van der Waals surface area contributed by atoms with Crippen molar-refractivity contribution in [2.75, 3.05) is 20.8 Å². The molecule has 51 heavy (non-hydrogen) atoms. The Hall–Kier alpha value is -4.44. The van der Waals surface area contributed by atoms with E-state index in [1.807, 2.05) is 18.2 Å². The maximum absolute atomic E-state index is 14.4. The van der Waals surface area contributed by atoms with Gasteiger partial charge >= 0.3 is 6.03 Å². The van der Waals surface area contributed by atoms with Crippen LogP contribution in [-0.2, 0) is 29.1 Å². The summed E-state index contributed by atoms with van der Waals surface area (Å²) in [6.07, 6.45) is 6.37. The number of nitrogens with zero attached hydrogens (tertiary/aromatic N) is 2. The number of fused-ring (bicyclic) bond motifs is 1. The predicted molar refractivity (Wildman–Crippen MR) is 186 cm³/mol. The number of hydrogen-bond donors (Lipinski definition) is 4. The molecule has 0 radical (unpaired) electrons. The van der Waals surface area contributed by atoms with Gasteiger partial charge in [-0.25, -0.2) is 18.2 Å². The number of urea groups is 1. The van der Waals surface area contributed by atoms with Crippen LogP contribution in [0.4, 0.5) is 4.79 Å². The standard InChI is InChI=1S/C35H46N6O9S/c1-5-22-18-35(22,33(44)40-51(46,47)26-11-12-26)39-30(42)28-17-25(50-31-27-13-10-24(49-4)16-21(27)14-15-36-31)19-41(28)32(43)29(20(2)48-3)38-34(45)37-23-8-6-7-9-23/h5,10,13-16,20,22-23,25-26,28-29H,1,6-9,11-12,17-19H2,2-4H3,(H,39,42)(H,40,44)(H2,37,38,45)/t20-,22+,25+,28-,29?,35+/m0/s1. The molecule has 0 bridgehead atoms. The Balaban J connectivity index is 1.26. The molecule has 4 aliphatic rings. The number of aromatic nitrogens is 1. The topological polar surface area (TPSA) is 194 Å². The number of carbonyl (C=O) groups excluding carboxylic acids is 4. The van der Waals surface area contributed by atoms with Gasteiger partial charge < -0.3 is 35.1 Å². The molecule has 276 valence electrons. The molecule has 0 spiro atoms. The number of sulfonamides is 1. The monoisotopic (exact) mass is 726 g/mol. The Morgan fingerprint density at radius 1 is 1.10 bits per heavy atom. The van der Waals surface area contributed by atoms with Gasteiger partial charge in [-0.2, -0.15) is 0 Å². The third kappa shape index (κ3) is 7.76. The summed E-state index contributed by atoms with van der Waals surface area (Å²) in [6.45, 7) is 5.35. The number of rotatable bonds is 14. The second-order valence-corrected chi connectivity index (χ2v) is 15.8. The fourth-order valence-corrected chi connectivity index (χ4v) is 8.40. The van der Waals surface area contributed by atoms with E-state index >= 15 is 0 Å². The molecule has 2 aromatic rings. The SMILES string of the molecule is C=C[C@@H]1C[C@]1(NC(=O)[C@@H]1C[C@@H](Oc2nccc3cc(OC)ccc23)CN1C(=O)C(NC(=O)NC1CCCC1)[C@H](C)OC)C(=O)NS(=O)(=O)C1CC1. The van der Waals surface area contributed by atoms with Gasteiger partial charge in [-0.1, -0.05) is 18.9 Å². The van der Waals surface area contributed by atoms with Crippen LogP contribution in [0.2, 0.25) is 0 Å². The largest absolute Gasteiger partial charge is 0.497 e. The summed E-state index contributed by atoms with van der Waals surface area (Å²) in [6, 6.07) is 4.38. The molecule has 16 heteroatoms. The molecule has 6 atom stereocenters. The number of amides is 5. The van der Waals surface area contributed by atoms with E-state index in [4.69, 9.17) is 14.2 Å². The highest BCUT2D eigenvalue weighted by molar-refractivity contribution is 7.91. The average Bonchev–Trinajstić information content (AvgIpc) is 4.00. The minimum atomic E-state index is -3.89. The number of hydrogen-bond acceptors (Lipinski definition) is 10. The van der Waals surface area contributed by atoms with Crippen LogP contribution in [0.15, 0.2) is 43.1 Å². The Labute approximate surface area is 297 Å². The molecule has 3 aliphatic carbocycles. The molecule has 6 rings (SSSR count). The van der Waals surface area contributed by atoms with Crippen LogP contribution in [0.1, 0.15) is 58.3 Å². The van der Waals surface area contributed by atoms with Crippen molar-refractivity contribution < 1.29 is 41.8 Å². The maximum Gasteiger partial charge on any atom is 0.315 e. The number of benzene rings is 1. The van der Waals surface area contributed by atoms with Gasteiger partial charge in [0.1, 0.15) is 29.5 Å². The van der Waals surface area contributed by atoms with E-state index < -0.39 is 74.8 Å². The van der Waals surface area contributed by atoms with Gasteiger partial charge in [0.05, 0.1) is 25.0 Å². The molecule has 1 saturated heterocycles. The number of carbonyl (C=O) groups is 4. The van der Waals surface area contributed by atoms with Gasteiger partial charge in [0, 0.05) is 37.1 Å². The highest BCUT2D eigenvalue weighted by Gasteiger charge is 2.62. The molecular formula is C35H46N6O9S. The van der Waals surface area contributed by atoms with Gasteiger partial charge in [-0.15, -0.1) is 6.58 Å². The van der Waals surface area contributed by atoms with E-state index in [1.54, 1.807) is 26.3 Å². The van der Waals surface area contributed by atoms with Crippen molar-refractivity contribution in [3.8, 4) is 11.6 Å². The molecule has 3 saturated carbocycles. The van der Waals surface area contributed by atoms with Crippen molar-refractivity contribution in [1.29, 1.82) is 0 Å². The molecular weight excluding hydrogens is 680 g/mol. The van der Waals surface area contributed by atoms with Crippen LogP contribution >= 0.6 is 0 Å². The van der Waals surface area contributed by atoms with Crippen molar-refractivity contribution >= 4 is 44.5 Å². The Morgan fingerprint density at radius 2 is 1.84 bits per heavy atom. The van der Waals surface area contributed by atoms with Gasteiger partial charge in [0.15, 0.2) is 0 Å². The highest BCUT2D eigenvalue weighted by Crippen LogP contribution is 2.45. The molecule has 1 unspecified atom stereocenters. The van der Waals surface area contributed by atoms with E-state index in [1.165, 1.54) is 18.1 Å². The van der Waals surface area contributed by atoms with E-state index in [9.17, 15) is 27.6 Å². The summed E-state index contributed by atoms with van der Waals surface area (Å²) in [7, 11) is -0.907. The lowest BCUT2D eigenvalue weighted by atomic mass is 10.1. The van der Waals surface area contributed by atoms with Gasteiger partial charge in [-0.3, -0.25) is 19.1 Å². The lowest BCUT2D eigenvalue weighted by Crippen LogP contribution is -2.61. The smallest absolute Gasteiger partial charge is 0.315 e. The summed E-state index contributed by atoms with van der Waals surface area (Å²) in [5, 5.41) is 9.33. The summed E-state index contributed by atoms with van der Waals surface area (Å²) in [5.41, 5.74) is -1.55. The average molecular weight is 727 g/mol. The molecule has 4 N–H and O–H groups in total. The first-order valence-electron chi connectivity index (χ1n) is 17.4. The van der Waals surface area contributed by atoms with Crippen molar-refractivity contribution in [2.45, 2.75) is 99.4 Å². The highest BCUT2D eigenvalue weighted by atomic mass is 32.2. The van der Waals surface area contributed by atoms with Crippen LogP contribution in [0, 0.1) is 5.92 Å². The fourth-order valence-electron chi connectivity index (χ4n) is 7.03. The lowest BCUT2D eigenvalue weighted by Gasteiger charge is -2.32. The van der Waals surface area contributed by atoms with Crippen LogP contribution < -0.4 is 30.1 Å². The Bertz CT molecular complexity index is 1800. The second kappa shape index (κ2) is 14.7. The zero-order valence-corrected chi connectivity index (χ0v) is 29.9.